The maximum Gasteiger partial charge on any atom is 0.254 e. The number of para-hydroxylation sites is 1. The largest absolute Gasteiger partial charge is 0.493 e. The fourth-order valence-electron chi connectivity index (χ4n) is 2.43. The Morgan fingerprint density at radius 3 is 2.43 bits per heavy atom. The lowest BCUT2D eigenvalue weighted by molar-refractivity contribution is -0.116. The van der Waals surface area contributed by atoms with E-state index in [1.54, 1.807) is 30.3 Å². The number of benzene rings is 2. The molecule has 0 spiro atoms. The molecule has 28 heavy (non-hydrogen) atoms. The first-order chi connectivity index (χ1) is 13.3. The van der Waals surface area contributed by atoms with Crippen LogP contribution in [0.4, 0.5) is 5.69 Å². The van der Waals surface area contributed by atoms with Crippen molar-refractivity contribution in [1.29, 1.82) is 0 Å². The molecular weight excluding hydrogens is 471 g/mol. The van der Waals surface area contributed by atoms with Crippen molar-refractivity contribution in [3.8, 4) is 11.5 Å². The van der Waals surface area contributed by atoms with E-state index in [9.17, 15) is 9.59 Å². The third kappa shape index (κ3) is 5.31. The zero-order valence-electron chi connectivity index (χ0n) is 15.5. The van der Waals surface area contributed by atoms with E-state index in [-0.39, 0.29) is 12.5 Å². The van der Waals surface area contributed by atoms with Gasteiger partial charge in [-0.1, -0.05) is 29.3 Å². The highest BCUT2D eigenvalue weighted by molar-refractivity contribution is 9.10. The van der Waals surface area contributed by atoms with Gasteiger partial charge in [-0.2, -0.15) is 0 Å². The van der Waals surface area contributed by atoms with Crippen LogP contribution in [0, 0.1) is 0 Å². The molecule has 0 radical (unpaired) electrons. The summed E-state index contributed by atoms with van der Waals surface area (Å²) >= 11 is 15.5. The average Bonchev–Trinajstić information content (AvgIpc) is 2.65. The molecule has 6 nitrogen and oxygen atoms in total. The molecule has 0 aromatic heterocycles. The predicted octanol–water partition coefficient (Wildman–Crippen LogP) is 4.87. The van der Waals surface area contributed by atoms with Gasteiger partial charge >= 0.3 is 0 Å². The Hall–Kier alpha value is -1.96. The normalized spacial score (nSPS) is 10.4. The molecule has 0 saturated carbocycles. The number of halogens is 3. The van der Waals surface area contributed by atoms with Crippen molar-refractivity contribution in [3.05, 3.63) is 50.4 Å². The van der Waals surface area contributed by atoms with Crippen molar-refractivity contribution >= 4 is 56.6 Å². The van der Waals surface area contributed by atoms with Crippen LogP contribution in [-0.4, -0.2) is 44.0 Å². The fraction of sp³-hybridized carbons (Fsp3) is 0.263. The summed E-state index contributed by atoms with van der Waals surface area (Å²) in [7, 11) is 3.01. The van der Waals surface area contributed by atoms with Crippen LogP contribution >= 0.6 is 39.1 Å². The Morgan fingerprint density at radius 1 is 1.21 bits per heavy atom. The second kappa shape index (κ2) is 10.0. The van der Waals surface area contributed by atoms with Gasteiger partial charge in [-0.3, -0.25) is 9.59 Å². The van der Waals surface area contributed by atoms with Gasteiger partial charge in [0, 0.05) is 12.6 Å². The third-order valence-corrected chi connectivity index (χ3v) is 4.94. The van der Waals surface area contributed by atoms with Gasteiger partial charge < -0.3 is 19.7 Å². The molecule has 0 atom stereocenters. The van der Waals surface area contributed by atoms with E-state index in [0.717, 1.165) is 0 Å². The molecule has 0 saturated heterocycles. The van der Waals surface area contributed by atoms with Gasteiger partial charge in [-0.15, -0.1) is 0 Å². The maximum atomic E-state index is 12.7. The quantitative estimate of drug-likeness (QED) is 0.602. The molecule has 2 aromatic rings. The van der Waals surface area contributed by atoms with Gasteiger partial charge in [0.2, 0.25) is 5.91 Å². The minimum atomic E-state index is -0.428. The zero-order chi connectivity index (χ0) is 20.8. The van der Waals surface area contributed by atoms with Crippen LogP contribution in [0.5, 0.6) is 11.5 Å². The lowest BCUT2D eigenvalue weighted by Crippen LogP contribution is -2.35. The van der Waals surface area contributed by atoms with Crippen molar-refractivity contribution in [2.75, 3.05) is 32.6 Å². The lowest BCUT2D eigenvalue weighted by atomic mass is 10.1. The van der Waals surface area contributed by atoms with Gasteiger partial charge in [-0.25, -0.2) is 0 Å². The summed E-state index contributed by atoms with van der Waals surface area (Å²) in [6.07, 6.45) is 0. The van der Waals surface area contributed by atoms with Crippen molar-refractivity contribution in [2.24, 2.45) is 0 Å². The van der Waals surface area contributed by atoms with Crippen molar-refractivity contribution in [3.63, 3.8) is 0 Å². The van der Waals surface area contributed by atoms with Gasteiger partial charge in [-0.05, 0) is 47.1 Å². The fourth-order valence-corrected chi connectivity index (χ4v) is 3.48. The highest BCUT2D eigenvalue weighted by atomic mass is 79.9. The molecule has 2 amide bonds. The third-order valence-electron chi connectivity index (χ3n) is 3.72. The number of nitrogens with one attached hydrogen (secondary N) is 1. The van der Waals surface area contributed by atoms with E-state index < -0.39 is 5.91 Å². The van der Waals surface area contributed by atoms with Crippen LogP contribution in [0.25, 0.3) is 0 Å². The Kier molecular flexibility index (Phi) is 7.98. The number of likely N-dealkylation sites (N-methyl/N-ethyl adjacent to an activating group) is 1. The van der Waals surface area contributed by atoms with Gasteiger partial charge in [0.15, 0.2) is 11.5 Å². The second-order valence-corrected chi connectivity index (χ2v) is 7.40. The van der Waals surface area contributed by atoms with Crippen molar-refractivity contribution in [1.82, 2.24) is 4.90 Å². The number of hydrogen-bond donors (Lipinski definition) is 1. The first-order valence-corrected chi connectivity index (χ1v) is 9.83. The molecule has 0 aliphatic rings. The number of ether oxygens (including phenoxy) is 2. The van der Waals surface area contributed by atoms with E-state index in [2.05, 4.69) is 21.2 Å². The molecule has 0 fully saturated rings. The Morgan fingerprint density at radius 2 is 1.86 bits per heavy atom. The van der Waals surface area contributed by atoms with Crippen molar-refractivity contribution in [2.45, 2.75) is 6.92 Å². The lowest BCUT2D eigenvalue weighted by Gasteiger charge is -2.19. The van der Waals surface area contributed by atoms with E-state index >= 15 is 0 Å². The van der Waals surface area contributed by atoms with E-state index in [1.807, 2.05) is 6.92 Å². The van der Waals surface area contributed by atoms with Gasteiger partial charge in [0.1, 0.15) is 0 Å². The van der Waals surface area contributed by atoms with Gasteiger partial charge in [0.25, 0.3) is 5.91 Å². The molecule has 0 heterocycles. The summed E-state index contributed by atoms with van der Waals surface area (Å²) in [5, 5.41) is 3.25. The molecule has 2 rings (SSSR count). The topological polar surface area (TPSA) is 67.9 Å². The summed E-state index contributed by atoms with van der Waals surface area (Å²) in [5.74, 6) is 0.140. The molecule has 1 N–H and O–H groups in total. The monoisotopic (exact) mass is 488 g/mol. The van der Waals surface area contributed by atoms with Crippen LogP contribution < -0.4 is 14.8 Å². The van der Waals surface area contributed by atoms with Crippen LogP contribution in [0.15, 0.2) is 34.8 Å². The Balaban J connectivity index is 2.14. The molecule has 9 heteroatoms. The van der Waals surface area contributed by atoms with E-state index in [0.29, 0.717) is 43.9 Å². The van der Waals surface area contributed by atoms with Crippen molar-refractivity contribution < 1.29 is 19.1 Å². The number of methoxy groups -OCH3 is 1. The van der Waals surface area contributed by atoms with Crippen LogP contribution in [0.1, 0.15) is 17.3 Å². The molecule has 0 unspecified atom stereocenters. The minimum Gasteiger partial charge on any atom is -0.493 e. The molecule has 0 bridgehead atoms. The summed E-state index contributed by atoms with van der Waals surface area (Å²) in [6, 6.07) is 8.09. The number of carbonyl (C=O) groups excluding carboxylic acids is 2. The molecule has 2 aromatic carbocycles. The molecule has 0 aliphatic carbocycles. The number of hydrogen-bond acceptors (Lipinski definition) is 4. The highest BCUT2D eigenvalue weighted by Gasteiger charge is 2.20. The second-order valence-electron chi connectivity index (χ2n) is 5.73. The summed E-state index contributed by atoms with van der Waals surface area (Å²) in [5.41, 5.74) is 0.653. The SMILES string of the molecule is CCOc1c(Br)cc(C(=O)N(C)CC(=O)Nc2c(Cl)cccc2Cl)cc1OC. The summed E-state index contributed by atoms with van der Waals surface area (Å²) in [4.78, 5) is 26.3. The number of amides is 2. The highest BCUT2D eigenvalue weighted by Crippen LogP contribution is 2.37. The minimum absolute atomic E-state index is 0.187. The smallest absolute Gasteiger partial charge is 0.254 e. The van der Waals surface area contributed by atoms with Crippen LogP contribution in [0.3, 0.4) is 0 Å². The number of anilines is 1. The maximum absolute atomic E-state index is 12.7. The van der Waals surface area contributed by atoms with Gasteiger partial charge in [0.05, 0.1) is 40.5 Å². The van der Waals surface area contributed by atoms with E-state index in [1.165, 1.54) is 19.1 Å². The molecule has 150 valence electrons. The molecular formula is C19H19BrCl2N2O4. The first kappa shape index (κ1) is 22.3. The summed E-state index contributed by atoms with van der Waals surface area (Å²) < 4.78 is 11.4. The zero-order valence-corrected chi connectivity index (χ0v) is 18.6. The Bertz CT molecular complexity index is 872. The summed E-state index contributed by atoms with van der Waals surface area (Å²) in [6.45, 7) is 2.11. The number of nitrogens with zero attached hydrogens (tertiary/aromatic N) is 1. The number of rotatable bonds is 7. The van der Waals surface area contributed by atoms with E-state index in [4.69, 9.17) is 32.7 Å². The Labute approximate surface area is 181 Å². The first-order valence-electron chi connectivity index (χ1n) is 8.28. The average molecular weight is 490 g/mol. The van der Waals surface area contributed by atoms with Crippen LogP contribution in [0.2, 0.25) is 10.0 Å². The van der Waals surface area contributed by atoms with Crippen LogP contribution in [-0.2, 0) is 4.79 Å². The predicted molar refractivity (Wildman–Crippen MR) is 114 cm³/mol. The standard InChI is InChI=1S/C19H19BrCl2N2O4/c1-4-28-18-12(20)8-11(9-15(18)27-3)19(26)24(2)10-16(25)23-17-13(21)6-5-7-14(17)22/h5-9H,4,10H2,1-3H3,(H,23,25). The molecule has 0 aliphatic heterocycles. The number of carbonyl (C=O) groups is 2.